The van der Waals surface area contributed by atoms with Crippen molar-refractivity contribution in [2.24, 2.45) is 5.73 Å². The molecule has 5 nitrogen and oxygen atoms in total. The Morgan fingerprint density at radius 2 is 2.35 bits per heavy atom. The zero-order chi connectivity index (χ0) is 14.7. The van der Waals surface area contributed by atoms with E-state index in [1.165, 1.54) is 23.5 Å². The number of nitrogens with zero attached hydrogens (tertiary/aromatic N) is 2. The maximum atomic E-state index is 13.0. The molecule has 1 aromatic carbocycles. The summed E-state index contributed by atoms with van der Waals surface area (Å²) < 4.78 is 13.0. The first kappa shape index (κ1) is 14.1. The SMILES string of the molecule is CC(N)c1nc(C(=O)Nc2ccc(F)cc2C#N)cs1. The third-order valence-electron chi connectivity index (χ3n) is 2.49. The summed E-state index contributed by atoms with van der Waals surface area (Å²) in [6.07, 6.45) is 0. The van der Waals surface area contributed by atoms with Gasteiger partial charge in [0.15, 0.2) is 0 Å². The second-order valence-electron chi connectivity index (χ2n) is 4.12. The molecule has 1 heterocycles. The number of hydrogen-bond acceptors (Lipinski definition) is 5. The van der Waals surface area contributed by atoms with Crippen molar-refractivity contribution in [3.05, 3.63) is 45.7 Å². The van der Waals surface area contributed by atoms with Crippen LogP contribution in [-0.4, -0.2) is 10.9 Å². The molecular formula is C13H11FN4OS. The summed E-state index contributed by atoms with van der Waals surface area (Å²) in [5, 5.41) is 13.7. The van der Waals surface area contributed by atoms with Gasteiger partial charge in [0.05, 0.1) is 17.3 Å². The Labute approximate surface area is 118 Å². The van der Waals surface area contributed by atoms with Crippen molar-refractivity contribution in [3.8, 4) is 6.07 Å². The number of amides is 1. The average molecular weight is 290 g/mol. The minimum absolute atomic E-state index is 0.0565. The van der Waals surface area contributed by atoms with E-state index in [4.69, 9.17) is 11.0 Å². The topological polar surface area (TPSA) is 91.8 Å². The van der Waals surface area contributed by atoms with Crippen LogP contribution in [0.15, 0.2) is 23.6 Å². The second-order valence-corrected chi connectivity index (χ2v) is 5.01. The first-order valence-electron chi connectivity index (χ1n) is 5.73. The normalized spacial score (nSPS) is 11.7. The van der Waals surface area contributed by atoms with Crippen molar-refractivity contribution in [1.29, 1.82) is 5.26 Å². The molecule has 20 heavy (non-hydrogen) atoms. The molecule has 1 unspecified atom stereocenters. The van der Waals surface area contributed by atoms with Crippen LogP contribution in [-0.2, 0) is 0 Å². The van der Waals surface area contributed by atoms with Gasteiger partial charge in [-0.25, -0.2) is 9.37 Å². The standard InChI is InChI=1S/C13H11FN4OS/c1-7(16)13-18-11(6-20-13)12(19)17-10-3-2-9(14)4-8(10)5-15/h2-4,6-7H,16H2,1H3,(H,17,19). The number of anilines is 1. The highest BCUT2D eigenvalue weighted by Crippen LogP contribution is 2.19. The Hall–Kier alpha value is -2.30. The summed E-state index contributed by atoms with van der Waals surface area (Å²) in [5.41, 5.74) is 6.19. The van der Waals surface area contributed by atoms with E-state index in [9.17, 15) is 9.18 Å². The Kier molecular flexibility index (Phi) is 4.08. The van der Waals surface area contributed by atoms with Gasteiger partial charge in [0.2, 0.25) is 0 Å². The lowest BCUT2D eigenvalue weighted by atomic mass is 10.2. The minimum Gasteiger partial charge on any atom is -0.322 e. The van der Waals surface area contributed by atoms with Crippen LogP contribution >= 0.6 is 11.3 Å². The summed E-state index contributed by atoms with van der Waals surface area (Å²) >= 11 is 1.29. The Morgan fingerprint density at radius 3 is 2.95 bits per heavy atom. The van der Waals surface area contributed by atoms with Crippen LogP contribution in [0.25, 0.3) is 0 Å². The lowest BCUT2D eigenvalue weighted by molar-refractivity contribution is 0.102. The molecule has 7 heteroatoms. The quantitative estimate of drug-likeness (QED) is 0.908. The third kappa shape index (κ3) is 2.99. The number of nitrogens with two attached hydrogens (primary N) is 1. The number of carbonyl (C=O) groups excluding carboxylic acids is 1. The number of nitrogens with one attached hydrogen (secondary N) is 1. The van der Waals surface area contributed by atoms with Gasteiger partial charge >= 0.3 is 0 Å². The molecule has 102 valence electrons. The van der Waals surface area contributed by atoms with E-state index in [0.29, 0.717) is 5.01 Å². The maximum absolute atomic E-state index is 13.0. The number of nitriles is 1. The molecule has 1 atom stereocenters. The average Bonchev–Trinajstić information content (AvgIpc) is 2.90. The molecule has 3 N–H and O–H groups in total. The molecule has 0 spiro atoms. The third-order valence-corrected chi connectivity index (χ3v) is 3.54. The Bertz CT molecular complexity index is 690. The molecule has 0 radical (unpaired) electrons. The molecule has 2 aromatic rings. The lowest BCUT2D eigenvalue weighted by Crippen LogP contribution is -2.14. The number of hydrogen-bond donors (Lipinski definition) is 2. The number of halogens is 1. The van der Waals surface area contributed by atoms with Crippen LogP contribution in [0.1, 0.15) is 34.0 Å². The van der Waals surface area contributed by atoms with E-state index in [2.05, 4.69) is 10.3 Å². The number of aromatic nitrogens is 1. The van der Waals surface area contributed by atoms with Gasteiger partial charge in [-0.1, -0.05) is 0 Å². The number of thiazole rings is 1. The number of rotatable bonds is 3. The molecule has 0 aliphatic rings. The number of benzene rings is 1. The molecule has 0 aliphatic heterocycles. The highest BCUT2D eigenvalue weighted by Gasteiger charge is 2.14. The molecule has 0 aliphatic carbocycles. The van der Waals surface area contributed by atoms with Gasteiger partial charge in [-0.05, 0) is 25.1 Å². The molecule has 0 fully saturated rings. The molecule has 0 saturated heterocycles. The second kappa shape index (κ2) is 5.77. The molecule has 0 bridgehead atoms. The summed E-state index contributed by atoms with van der Waals surface area (Å²) in [4.78, 5) is 16.1. The van der Waals surface area contributed by atoms with Crippen LogP contribution < -0.4 is 11.1 Å². The number of carbonyl (C=O) groups is 1. The van der Waals surface area contributed by atoms with Crippen molar-refractivity contribution in [2.75, 3.05) is 5.32 Å². The van der Waals surface area contributed by atoms with Crippen molar-refractivity contribution in [2.45, 2.75) is 13.0 Å². The van der Waals surface area contributed by atoms with Crippen molar-refractivity contribution < 1.29 is 9.18 Å². The predicted octanol–water partition coefficient (Wildman–Crippen LogP) is 2.43. The summed E-state index contributed by atoms with van der Waals surface area (Å²) in [6, 6.07) is 5.15. The van der Waals surface area contributed by atoms with Gasteiger partial charge in [0, 0.05) is 5.38 Å². The Morgan fingerprint density at radius 1 is 1.60 bits per heavy atom. The smallest absolute Gasteiger partial charge is 0.275 e. The van der Waals surface area contributed by atoms with E-state index in [1.54, 1.807) is 12.3 Å². The fourth-order valence-corrected chi connectivity index (χ4v) is 2.26. The largest absolute Gasteiger partial charge is 0.322 e. The first-order chi connectivity index (χ1) is 9.51. The zero-order valence-electron chi connectivity index (χ0n) is 10.6. The summed E-state index contributed by atoms with van der Waals surface area (Å²) in [7, 11) is 0. The molecule has 2 rings (SSSR count). The monoisotopic (exact) mass is 290 g/mol. The Balaban J connectivity index is 2.21. The zero-order valence-corrected chi connectivity index (χ0v) is 11.4. The highest BCUT2D eigenvalue weighted by molar-refractivity contribution is 7.09. The maximum Gasteiger partial charge on any atom is 0.275 e. The minimum atomic E-state index is -0.535. The van der Waals surface area contributed by atoms with E-state index in [1.807, 2.05) is 6.07 Å². The van der Waals surface area contributed by atoms with Gasteiger partial charge < -0.3 is 11.1 Å². The summed E-state index contributed by atoms with van der Waals surface area (Å²) in [5.74, 6) is -0.997. The van der Waals surface area contributed by atoms with Crippen LogP contribution in [0.3, 0.4) is 0 Å². The van der Waals surface area contributed by atoms with E-state index in [-0.39, 0.29) is 23.0 Å². The van der Waals surface area contributed by atoms with Gasteiger partial charge in [0.1, 0.15) is 22.6 Å². The van der Waals surface area contributed by atoms with Gasteiger partial charge in [0.25, 0.3) is 5.91 Å². The van der Waals surface area contributed by atoms with Crippen LogP contribution in [0.5, 0.6) is 0 Å². The van der Waals surface area contributed by atoms with Crippen LogP contribution in [0.2, 0.25) is 0 Å². The molecular weight excluding hydrogens is 279 g/mol. The van der Waals surface area contributed by atoms with E-state index < -0.39 is 11.7 Å². The van der Waals surface area contributed by atoms with Gasteiger partial charge in [-0.15, -0.1) is 11.3 Å². The summed E-state index contributed by atoms with van der Waals surface area (Å²) in [6.45, 7) is 1.77. The van der Waals surface area contributed by atoms with Crippen LogP contribution in [0, 0.1) is 17.1 Å². The van der Waals surface area contributed by atoms with E-state index in [0.717, 1.165) is 6.07 Å². The fourth-order valence-electron chi connectivity index (χ4n) is 1.51. The van der Waals surface area contributed by atoms with Crippen molar-refractivity contribution in [1.82, 2.24) is 4.98 Å². The first-order valence-corrected chi connectivity index (χ1v) is 6.61. The van der Waals surface area contributed by atoms with Crippen LogP contribution in [0.4, 0.5) is 10.1 Å². The van der Waals surface area contributed by atoms with Crippen molar-refractivity contribution >= 4 is 22.9 Å². The van der Waals surface area contributed by atoms with Crippen molar-refractivity contribution in [3.63, 3.8) is 0 Å². The predicted molar refractivity (Wildman–Crippen MR) is 73.8 cm³/mol. The fraction of sp³-hybridized carbons (Fsp3) is 0.154. The van der Waals surface area contributed by atoms with Gasteiger partial charge in [-0.2, -0.15) is 5.26 Å². The van der Waals surface area contributed by atoms with E-state index >= 15 is 0 Å². The van der Waals surface area contributed by atoms with Gasteiger partial charge in [-0.3, -0.25) is 4.79 Å². The molecule has 0 saturated carbocycles. The lowest BCUT2D eigenvalue weighted by Gasteiger charge is -2.05. The highest BCUT2D eigenvalue weighted by atomic mass is 32.1. The molecule has 1 amide bonds. The molecule has 1 aromatic heterocycles.